The lowest BCUT2D eigenvalue weighted by Gasteiger charge is -2.22. The number of rotatable bonds is 8. The Kier molecular flexibility index (Phi) is 8.32. The number of pyridine rings is 1. The van der Waals surface area contributed by atoms with Gasteiger partial charge in [0.1, 0.15) is 23.4 Å². The van der Waals surface area contributed by atoms with Gasteiger partial charge in [0, 0.05) is 48.3 Å². The minimum absolute atomic E-state index is 0.173. The van der Waals surface area contributed by atoms with Crippen LogP contribution < -0.4 is 4.74 Å². The second-order valence-electron chi connectivity index (χ2n) is 11.6. The summed E-state index contributed by atoms with van der Waals surface area (Å²) in [5, 5.41) is 9.70. The van der Waals surface area contributed by atoms with Gasteiger partial charge in [0.2, 0.25) is 5.88 Å². The number of aromatic nitrogens is 4. The third kappa shape index (κ3) is 6.27. The van der Waals surface area contributed by atoms with Crippen molar-refractivity contribution in [2.45, 2.75) is 70.5 Å². The highest BCUT2D eigenvalue weighted by atomic mass is 32.2. The number of nitrogens with zero attached hydrogens (tertiary/aromatic N) is 4. The Balaban J connectivity index is 1.49. The summed E-state index contributed by atoms with van der Waals surface area (Å²) < 4.78 is 54.4. The third-order valence-electron chi connectivity index (χ3n) is 8.13. The molecule has 6 rings (SSSR count). The van der Waals surface area contributed by atoms with Crippen molar-refractivity contribution in [2.75, 3.05) is 6.26 Å². The van der Waals surface area contributed by atoms with Crippen LogP contribution in [0.4, 0.5) is 4.39 Å². The van der Waals surface area contributed by atoms with Gasteiger partial charge in [-0.15, -0.1) is 0 Å². The van der Waals surface area contributed by atoms with Crippen molar-refractivity contribution in [1.82, 2.24) is 19.5 Å². The smallest absolute Gasteiger partial charge is 0.213 e. The summed E-state index contributed by atoms with van der Waals surface area (Å²) in [5.41, 5.74) is 4.11. The molecule has 0 bridgehead atoms. The van der Waals surface area contributed by atoms with Gasteiger partial charge in [-0.2, -0.15) is 0 Å². The zero-order valence-corrected chi connectivity index (χ0v) is 26.5. The molecule has 234 valence electrons. The van der Waals surface area contributed by atoms with Crippen LogP contribution in [0.3, 0.4) is 0 Å². The Morgan fingerprint density at radius 1 is 1.00 bits per heavy atom. The standard InChI is InChI=1S/C34H35FN4O5S/c1-20-18-39(21(2)37-20)30-12-10-23(25-15-29(35)28(19-40)31(16-25)45(4,41)42)14-27(30)33-34(43-22(3)38-33)24-11-13-32(36-17-24)44-26-8-6-5-7-9-26/h10-18,26,40H,5-9,19H2,1-4H3. The highest BCUT2D eigenvalue weighted by Crippen LogP contribution is 2.39. The molecule has 0 atom stereocenters. The molecular formula is C34H35FN4O5S. The summed E-state index contributed by atoms with van der Waals surface area (Å²) >= 11 is 0. The van der Waals surface area contributed by atoms with Crippen LogP contribution >= 0.6 is 0 Å². The van der Waals surface area contributed by atoms with Crippen LogP contribution in [0.1, 0.15) is 55.1 Å². The summed E-state index contributed by atoms with van der Waals surface area (Å²) in [4.78, 5) is 13.7. The number of halogens is 1. The second kappa shape index (κ2) is 12.2. The van der Waals surface area contributed by atoms with Gasteiger partial charge in [0.05, 0.1) is 22.9 Å². The van der Waals surface area contributed by atoms with Crippen molar-refractivity contribution in [3.8, 4) is 45.3 Å². The van der Waals surface area contributed by atoms with Gasteiger partial charge in [0.15, 0.2) is 21.5 Å². The maximum Gasteiger partial charge on any atom is 0.213 e. The van der Waals surface area contributed by atoms with Gasteiger partial charge in [-0.25, -0.2) is 27.8 Å². The summed E-state index contributed by atoms with van der Waals surface area (Å²) in [6.45, 7) is 4.83. The molecule has 1 aliphatic carbocycles. The molecule has 3 heterocycles. The van der Waals surface area contributed by atoms with E-state index in [0.717, 1.165) is 49.1 Å². The highest BCUT2D eigenvalue weighted by Gasteiger charge is 2.24. The molecule has 0 unspecified atom stereocenters. The SMILES string of the molecule is Cc1cn(-c2ccc(-c3cc(F)c(CO)c(S(C)(=O)=O)c3)cc2-c2nc(C)oc2-c2ccc(OC3CCCCC3)nc2)c(C)n1. The number of aliphatic hydroxyl groups is 1. The number of benzene rings is 2. The van der Waals surface area contributed by atoms with E-state index in [4.69, 9.17) is 14.1 Å². The molecule has 0 saturated heterocycles. The van der Waals surface area contributed by atoms with Crippen LogP contribution in [0.15, 0.2) is 64.2 Å². The second-order valence-corrected chi connectivity index (χ2v) is 13.6. The number of hydrogen-bond donors (Lipinski definition) is 1. The van der Waals surface area contributed by atoms with Gasteiger partial charge in [0.25, 0.3) is 0 Å². The van der Waals surface area contributed by atoms with E-state index in [9.17, 15) is 13.5 Å². The van der Waals surface area contributed by atoms with Crippen LogP contribution in [0.5, 0.6) is 5.88 Å². The van der Waals surface area contributed by atoms with E-state index < -0.39 is 22.3 Å². The molecule has 0 amide bonds. The van der Waals surface area contributed by atoms with Crippen molar-refractivity contribution in [1.29, 1.82) is 0 Å². The predicted octanol–water partition coefficient (Wildman–Crippen LogP) is 6.93. The number of oxazole rings is 1. The molecule has 9 nitrogen and oxygen atoms in total. The van der Waals surface area contributed by atoms with Gasteiger partial charge in [-0.3, -0.25) is 0 Å². The van der Waals surface area contributed by atoms with E-state index in [1.807, 2.05) is 48.9 Å². The lowest BCUT2D eigenvalue weighted by atomic mass is 9.97. The molecule has 3 aromatic heterocycles. The van der Waals surface area contributed by atoms with Crippen molar-refractivity contribution < 1.29 is 27.1 Å². The minimum atomic E-state index is -3.82. The molecular weight excluding hydrogens is 595 g/mol. The maximum absolute atomic E-state index is 15.1. The van der Waals surface area contributed by atoms with E-state index in [-0.39, 0.29) is 16.6 Å². The molecule has 0 spiro atoms. The van der Waals surface area contributed by atoms with E-state index >= 15 is 4.39 Å². The molecule has 1 fully saturated rings. The first kappa shape index (κ1) is 30.7. The Morgan fingerprint density at radius 3 is 2.40 bits per heavy atom. The van der Waals surface area contributed by atoms with E-state index in [2.05, 4.69) is 9.97 Å². The number of hydrogen-bond acceptors (Lipinski definition) is 8. The maximum atomic E-state index is 15.1. The van der Waals surface area contributed by atoms with Crippen molar-refractivity contribution in [3.63, 3.8) is 0 Å². The first-order valence-corrected chi connectivity index (χ1v) is 16.8. The monoisotopic (exact) mass is 630 g/mol. The third-order valence-corrected chi connectivity index (χ3v) is 9.29. The molecule has 1 N–H and O–H groups in total. The molecule has 0 radical (unpaired) electrons. The molecule has 2 aromatic carbocycles. The number of imidazole rings is 1. The Morgan fingerprint density at radius 2 is 1.76 bits per heavy atom. The van der Waals surface area contributed by atoms with Crippen LogP contribution in [-0.2, 0) is 16.4 Å². The van der Waals surface area contributed by atoms with E-state index in [1.165, 1.54) is 18.6 Å². The molecule has 11 heteroatoms. The van der Waals surface area contributed by atoms with E-state index in [0.29, 0.717) is 45.5 Å². The van der Waals surface area contributed by atoms with Crippen molar-refractivity contribution >= 4 is 9.84 Å². The Labute approximate surface area is 261 Å². The zero-order valence-electron chi connectivity index (χ0n) is 25.7. The van der Waals surface area contributed by atoms with Crippen molar-refractivity contribution in [2.24, 2.45) is 0 Å². The largest absolute Gasteiger partial charge is 0.474 e. The van der Waals surface area contributed by atoms with Gasteiger partial charge < -0.3 is 18.8 Å². The highest BCUT2D eigenvalue weighted by molar-refractivity contribution is 7.90. The molecule has 45 heavy (non-hydrogen) atoms. The van der Waals surface area contributed by atoms with Crippen LogP contribution in [0.2, 0.25) is 0 Å². The molecule has 1 aliphatic rings. The van der Waals surface area contributed by atoms with Crippen LogP contribution in [-0.4, -0.2) is 45.4 Å². The average molecular weight is 631 g/mol. The van der Waals surface area contributed by atoms with Crippen LogP contribution in [0, 0.1) is 26.6 Å². The topological polar surface area (TPSA) is 120 Å². The zero-order chi connectivity index (χ0) is 31.9. The van der Waals surface area contributed by atoms with Gasteiger partial charge in [-0.1, -0.05) is 12.5 Å². The molecule has 1 saturated carbocycles. The van der Waals surface area contributed by atoms with Gasteiger partial charge in [-0.05, 0) is 81.0 Å². The lowest BCUT2D eigenvalue weighted by Crippen LogP contribution is -2.20. The summed E-state index contributed by atoms with van der Waals surface area (Å²) in [7, 11) is -3.82. The first-order chi connectivity index (χ1) is 21.5. The van der Waals surface area contributed by atoms with Crippen molar-refractivity contribution in [3.05, 3.63) is 83.6 Å². The Hall–Kier alpha value is -4.35. The number of sulfone groups is 1. The number of aryl methyl sites for hydroxylation is 3. The molecule has 0 aliphatic heterocycles. The summed E-state index contributed by atoms with van der Waals surface area (Å²) in [6, 6.07) is 11.8. The normalized spacial score (nSPS) is 14.2. The summed E-state index contributed by atoms with van der Waals surface area (Å²) in [5.74, 6) is 1.45. The predicted molar refractivity (Wildman–Crippen MR) is 168 cm³/mol. The first-order valence-electron chi connectivity index (χ1n) is 14.9. The van der Waals surface area contributed by atoms with Gasteiger partial charge >= 0.3 is 0 Å². The fraction of sp³-hybridized carbons (Fsp3) is 0.324. The fourth-order valence-electron chi connectivity index (χ4n) is 5.98. The molecule has 5 aromatic rings. The quantitative estimate of drug-likeness (QED) is 0.196. The lowest BCUT2D eigenvalue weighted by molar-refractivity contribution is 0.148. The number of aliphatic hydroxyl groups excluding tert-OH is 1. The number of ether oxygens (including phenoxy) is 1. The minimum Gasteiger partial charge on any atom is -0.474 e. The average Bonchev–Trinajstić information content (AvgIpc) is 3.57. The van der Waals surface area contributed by atoms with E-state index in [1.54, 1.807) is 19.2 Å². The Bertz CT molecular complexity index is 1980. The fourth-order valence-corrected chi connectivity index (χ4v) is 6.93. The van der Waals surface area contributed by atoms with Crippen LogP contribution in [0.25, 0.3) is 39.4 Å². The summed E-state index contributed by atoms with van der Waals surface area (Å²) in [6.07, 6.45) is 10.4.